The quantitative estimate of drug-likeness (QED) is 0.744. The van der Waals surface area contributed by atoms with Crippen molar-refractivity contribution in [3.05, 3.63) is 39.3 Å². The lowest BCUT2D eigenvalue weighted by molar-refractivity contribution is 0.450. The van der Waals surface area contributed by atoms with E-state index in [9.17, 15) is 8.42 Å². The Bertz CT molecular complexity index is 750. The summed E-state index contributed by atoms with van der Waals surface area (Å²) < 4.78 is 29.3. The van der Waals surface area contributed by atoms with Gasteiger partial charge in [0.2, 0.25) is 10.0 Å². The van der Waals surface area contributed by atoms with Gasteiger partial charge in [-0.2, -0.15) is 4.31 Å². The number of anilines is 1. The summed E-state index contributed by atoms with van der Waals surface area (Å²) in [6, 6.07) is 3.12. The first-order valence-electron chi connectivity index (χ1n) is 5.90. The number of nitrogens with two attached hydrogens (primary N) is 1. The van der Waals surface area contributed by atoms with Gasteiger partial charge in [-0.1, -0.05) is 0 Å². The van der Waals surface area contributed by atoms with E-state index < -0.39 is 10.0 Å². The maximum Gasteiger partial charge on any atom is 0.245 e. The van der Waals surface area contributed by atoms with E-state index >= 15 is 0 Å². The molecule has 0 aliphatic heterocycles. The number of nitrogens with zero attached hydrogens (tertiary/aromatic N) is 3. The number of sulfonamides is 1. The number of hydrogen-bond acceptors (Lipinski definition) is 4. The largest absolute Gasteiger partial charge is 0.399 e. The van der Waals surface area contributed by atoms with Gasteiger partial charge < -0.3 is 10.3 Å². The fraction of sp³-hybridized carbons (Fsp3) is 0.250. The number of aromatic nitrogens is 2. The van der Waals surface area contributed by atoms with Crippen LogP contribution in [0.1, 0.15) is 5.82 Å². The van der Waals surface area contributed by atoms with Crippen LogP contribution >= 0.6 is 31.9 Å². The van der Waals surface area contributed by atoms with Crippen LogP contribution in [0, 0.1) is 0 Å². The van der Waals surface area contributed by atoms with Crippen molar-refractivity contribution in [3.63, 3.8) is 0 Å². The van der Waals surface area contributed by atoms with Crippen molar-refractivity contribution in [3.8, 4) is 0 Å². The van der Waals surface area contributed by atoms with E-state index in [0.29, 0.717) is 20.5 Å². The summed E-state index contributed by atoms with van der Waals surface area (Å²) in [5, 5.41) is 0. The highest BCUT2D eigenvalue weighted by molar-refractivity contribution is 9.11. The van der Waals surface area contributed by atoms with E-state index in [1.54, 1.807) is 29.1 Å². The molecule has 2 rings (SSSR count). The minimum absolute atomic E-state index is 0.147. The summed E-state index contributed by atoms with van der Waals surface area (Å²) in [4.78, 5) is 4.28. The number of aryl methyl sites for hydroxylation is 1. The monoisotopic (exact) mass is 436 g/mol. The van der Waals surface area contributed by atoms with Gasteiger partial charge in [-0.05, 0) is 44.0 Å². The Labute approximate surface area is 140 Å². The van der Waals surface area contributed by atoms with Crippen molar-refractivity contribution in [2.45, 2.75) is 11.4 Å². The third kappa shape index (κ3) is 3.31. The Hall–Kier alpha value is -0.900. The molecule has 0 saturated heterocycles. The van der Waals surface area contributed by atoms with Gasteiger partial charge in [-0.3, -0.25) is 0 Å². The van der Waals surface area contributed by atoms with Gasteiger partial charge >= 0.3 is 0 Å². The average Bonchev–Trinajstić information content (AvgIpc) is 2.73. The summed E-state index contributed by atoms with van der Waals surface area (Å²) in [7, 11) is -0.349. The number of rotatable bonds is 4. The Balaban J connectivity index is 2.40. The smallest absolute Gasteiger partial charge is 0.245 e. The molecule has 1 heterocycles. The first kappa shape index (κ1) is 16.5. The second kappa shape index (κ2) is 6.07. The zero-order valence-corrected chi connectivity index (χ0v) is 15.4. The summed E-state index contributed by atoms with van der Waals surface area (Å²) in [6.45, 7) is 0.176. The lowest BCUT2D eigenvalue weighted by atomic mass is 10.3. The summed E-state index contributed by atoms with van der Waals surface area (Å²) in [6.07, 6.45) is 3.40. The molecule has 0 saturated carbocycles. The van der Waals surface area contributed by atoms with Crippen LogP contribution in [0.3, 0.4) is 0 Å². The van der Waals surface area contributed by atoms with Crippen LogP contribution in [0.25, 0.3) is 0 Å². The normalized spacial score (nSPS) is 12.0. The Morgan fingerprint density at radius 2 is 1.90 bits per heavy atom. The average molecular weight is 438 g/mol. The molecule has 1 aromatic carbocycles. The van der Waals surface area contributed by atoms with E-state index in [4.69, 9.17) is 5.73 Å². The zero-order valence-electron chi connectivity index (χ0n) is 11.4. The third-order valence-corrected chi connectivity index (χ3v) is 6.66. The molecule has 2 aromatic rings. The number of benzene rings is 1. The maximum atomic E-state index is 12.7. The SMILES string of the molecule is CN(Cc1nccn1C)S(=O)(=O)c1c(Br)cc(N)cc1Br. The lowest BCUT2D eigenvalue weighted by Gasteiger charge is -2.19. The van der Waals surface area contributed by atoms with Crippen LogP contribution in [-0.4, -0.2) is 29.3 Å². The van der Waals surface area contributed by atoms with Crippen molar-refractivity contribution < 1.29 is 8.42 Å². The second-order valence-electron chi connectivity index (χ2n) is 4.53. The molecule has 0 spiro atoms. The van der Waals surface area contributed by atoms with Crippen LogP contribution in [0.4, 0.5) is 5.69 Å². The van der Waals surface area contributed by atoms with Crippen molar-refractivity contribution in [1.29, 1.82) is 0 Å². The molecule has 0 radical (unpaired) electrons. The third-order valence-electron chi connectivity index (χ3n) is 2.97. The molecule has 0 unspecified atom stereocenters. The predicted molar refractivity (Wildman–Crippen MR) is 88.1 cm³/mol. The van der Waals surface area contributed by atoms with Crippen molar-refractivity contribution >= 4 is 47.6 Å². The first-order valence-corrected chi connectivity index (χ1v) is 8.93. The van der Waals surface area contributed by atoms with Gasteiger partial charge in [-0.15, -0.1) is 0 Å². The molecule has 0 bridgehead atoms. The first-order chi connectivity index (χ1) is 9.73. The molecule has 9 heteroatoms. The zero-order chi connectivity index (χ0) is 15.8. The molecule has 6 nitrogen and oxygen atoms in total. The number of imidazole rings is 1. The minimum Gasteiger partial charge on any atom is -0.399 e. The van der Waals surface area contributed by atoms with Crippen LogP contribution in [-0.2, 0) is 23.6 Å². The number of nitrogen functional groups attached to an aromatic ring is 1. The highest BCUT2D eigenvalue weighted by atomic mass is 79.9. The number of halogens is 2. The lowest BCUT2D eigenvalue weighted by Crippen LogP contribution is -2.28. The van der Waals surface area contributed by atoms with E-state index in [1.807, 2.05) is 7.05 Å². The van der Waals surface area contributed by atoms with Crippen molar-refractivity contribution in [2.24, 2.45) is 7.05 Å². The molecule has 0 aliphatic rings. The van der Waals surface area contributed by atoms with Crippen LogP contribution in [0.5, 0.6) is 0 Å². The molecule has 21 heavy (non-hydrogen) atoms. The number of hydrogen-bond donors (Lipinski definition) is 1. The highest BCUT2D eigenvalue weighted by Gasteiger charge is 2.27. The van der Waals surface area contributed by atoms with Crippen LogP contribution in [0.2, 0.25) is 0 Å². The predicted octanol–water partition coefficient (Wildman–Crippen LogP) is 2.35. The summed E-state index contributed by atoms with van der Waals surface area (Å²) in [5.41, 5.74) is 6.17. The molecule has 0 fully saturated rings. The van der Waals surface area contributed by atoms with Crippen molar-refractivity contribution in [1.82, 2.24) is 13.9 Å². The van der Waals surface area contributed by atoms with Gasteiger partial charge in [0.05, 0.1) is 6.54 Å². The Morgan fingerprint density at radius 3 is 2.38 bits per heavy atom. The van der Waals surface area contributed by atoms with Crippen LogP contribution < -0.4 is 5.73 Å². The molecule has 0 amide bonds. The van der Waals surface area contributed by atoms with E-state index in [-0.39, 0.29) is 11.4 Å². The highest BCUT2D eigenvalue weighted by Crippen LogP contribution is 2.34. The second-order valence-corrected chi connectivity index (χ2v) is 8.22. The van der Waals surface area contributed by atoms with E-state index in [1.165, 1.54) is 11.4 Å². The Kier molecular flexibility index (Phi) is 4.76. The van der Waals surface area contributed by atoms with Gasteiger partial charge in [0.15, 0.2) is 0 Å². The van der Waals surface area contributed by atoms with E-state index in [2.05, 4.69) is 36.8 Å². The van der Waals surface area contributed by atoms with Gasteiger partial charge in [0.25, 0.3) is 0 Å². The van der Waals surface area contributed by atoms with Gasteiger partial charge in [0.1, 0.15) is 10.7 Å². The molecule has 2 N–H and O–H groups in total. The van der Waals surface area contributed by atoms with Crippen LogP contribution in [0.15, 0.2) is 38.4 Å². The fourth-order valence-electron chi connectivity index (χ4n) is 1.81. The topological polar surface area (TPSA) is 81.2 Å². The molecule has 0 aliphatic carbocycles. The van der Waals surface area contributed by atoms with E-state index in [0.717, 1.165) is 0 Å². The fourth-order valence-corrected chi connectivity index (χ4v) is 5.47. The van der Waals surface area contributed by atoms with Gasteiger partial charge in [0, 0.05) is 41.1 Å². The molecular formula is C12H14Br2N4O2S. The standard InChI is InChI=1S/C12H14Br2N4O2S/c1-17-4-3-16-11(17)7-18(2)21(19,20)12-9(13)5-8(15)6-10(12)14/h3-6H,7,15H2,1-2H3. The molecule has 1 aromatic heterocycles. The molecular weight excluding hydrogens is 424 g/mol. The van der Waals surface area contributed by atoms with Crippen molar-refractivity contribution in [2.75, 3.05) is 12.8 Å². The summed E-state index contributed by atoms with van der Waals surface area (Å²) >= 11 is 6.52. The Morgan fingerprint density at radius 1 is 1.33 bits per heavy atom. The molecule has 0 atom stereocenters. The maximum absolute atomic E-state index is 12.7. The summed E-state index contributed by atoms with van der Waals surface area (Å²) in [5.74, 6) is 0.656. The minimum atomic E-state index is -3.68. The van der Waals surface area contributed by atoms with Gasteiger partial charge in [-0.25, -0.2) is 13.4 Å². The molecule has 114 valence electrons.